The predicted molar refractivity (Wildman–Crippen MR) is 109 cm³/mol. The lowest BCUT2D eigenvalue weighted by atomic mass is 9.98. The van der Waals surface area contributed by atoms with E-state index in [1.54, 1.807) is 12.4 Å². The third kappa shape index (κ3) is 5.37. The molecule has 0 saturated carbocycles. The number of aryl methyl sites for hydroxylation is 1. The van der Waals surface area contributed by atoms with E-state index >= 15 is 0 Å². The molecule has 0 radical (unpaired) electrons. The molecule has 1 aliphatic rings. The van der Waals surface area contributed by atoms with Crippen LogP contribution in [0.25, 0.3) is 0 Å². The van der Waals surface area contributed by atoms with Crippen LogP contribution in [0.1, 0.15) is 35.6 Å². The Morgan fingerprint density at radius 1 is 1.15 bits per heavy atom. The zero-order chi connectivity index (χ0) is 19.2. The van der Waals surface area contributed by atoms with Gasteiger partial charge in [0.15, 0.2) is 0 Å². The summed E-state index contributed by atoms with van der Waals surface area (Å²) in [5.41, 5.74) is 3.34. The first-order chi connectivity index (χ1) is 13.0. The molecule has 5 nitrogen and oxygen atoms in total. The van der Waals surface area contributed by atoms with Crippen molar-refractivity contribution in [3.63, 3.8) is 0 Å². The summed E-state index contributed by atoms with van der Waals surface area (Å²) < 4.78 is 0. The summed E-state index contributed by atoms with van der Waals surface area (Å²) in [6.45, 7) is 4.68. The van der Waals surface area contributed by atoms with Gasteiger partial charge in [-0.15, -0.1) is 0 Å². The largest absolute Gasteiger partial charge is 0.344 e. The van der Waals surface area contributed by atoms with Gasteiger partial charge in [0.2, 0.25) is 5.91 Å². The van der Waals surface area contributed by atoms with Crippen LogP contribution in [0, 0.1) is 6.92 Å². The molecule has 1 unspecified atom stereocenters. The van der Waals surface area contributed by atoms with Crippen molar-refractivity contribution in [2.45, 2.75) is 31.8 Å². The number of likely N-dealkylation sites (N-methyl/N-ethyl adjacent to an activating group) is 1. The van der Waals surface area contributed by atoms with E-state index < -0.39 is 0 Å². The molecular weight excluding hydrogens is 336 g/mol. The molecule has 1 aliphatic heterocycles. The number of likely N-dealkylation sites (tertiary alicyclic amines) is 1. The van der Waals surface area contributed by atoms with E-state index in [9.17, 15) is 4.79 Å². The summed E-state index contributed by atoms with van der Waals surface area (Å²) in [6.07, 6.45) is 5.78. The molecule has 1 atom stereocenters. The van der Waals surface area contributed by atoms with Crippen molar-refractivity contribution >= 4 is 5.91 Å². The van der Waals surface area contributed by atoms with Gasteiger partial charge in [0.05, 0.1) is 12.6 Å². The summed E-state index contributed by atoms with van der Waals surface area (Å²) in [4.78, 5) is 21.5. The number of nitrogens with one attached hydrogen (secondary N) is 1. The van der Waals surface area contributed by atoms with Gasteiger partial charge in [-0.25, -0.2) is 0 Å². The maximum atomic E-state index is 12.8. The van der Waals surface area contributed by atoms with Gasteiger partial charge in [-0.2, -0.15) is 0 Å². The fourth-order valence-electron chi connectivity index (χ4n) is 3.67. The Labute approximate surface area is 162 Å². The minimum atomic E-state index is -0.160. The van der Waals surface area contributed by atoms with Crippen LogP contribution >= 0.6 is 0 Å². The fraction of sp³-hybridized carbons (Fsp3) is 0.455. The summed E-state index contributed by atoms with van der Waals surface area (Å²) in [5, 5.41) is 3.23. The fourth-order valence-corrected chi connectivity index (χ4v) is 3.67. The Hall–Kier alpha value is -2.24. The lowest BCUT2D eigenvalue weighted by Crippen LogP contribution is -2.46. The van der Waals surface area contributed by atoms with Crippen molar-refractivity contribution in [2.75, 3.05) is 33.7 Å². The summed E-state index contributed by atoms with van der Waals surface area (Å²) in [5.74, 6) is 0.0545. The topological polar surface area (TPSA) is 48.5 Å². The third-order valence-corrected chi connectivity index (χ3v) is 5.46. The van der Waals surface area contributed by atoms with Gasteiger partial charge >= 0.3 is 0 Å². The monoisotopic (exact) mass is 366 g/mol. The second-order valence-electron chi connectivity index (χ2n) is 7.64. The van der Waals surface area contributed by atoms with Crippen LogP contribution in [-0.2, 0) is 4.79 Å². The van der Waals surface area contributed by atoms with Gasteiger partial charge in [-0.05, 0) is 70.2 Å². The van der Waals surface area contributed by atoms with E-state index in [4.69, 9.17) is 0 Å². The lowest BCUT2D eigenvalue weighted by molar-refractivity contribution is -0.123. The Morgan fingerprint density at radius 3 is 2.37 bits per heavy atom. The molecule has 1 aromatic heterocycles. The number of carbonyl (C=O) groups is 1. The smallest absolute Gasteiger partial charge is 0.234 e. The Kier molecular flexibility index (Phi) is 6.58. The molecule has 1 N–H and O–H groups in total. The number of rotatable bonds is 6. The first-order valence-electron chi connectivity index (χ1n) is 9.67. The first-order valence-corrected chi connectivity index (χ1v) is 9.67. The molecule has 1 amide bonds. The maximum absolute atomic E-state index is 12.8. The molecule has 0 bridgehead atoms. The molecule has 0 aliphatic carbocycles. The maximum Gasteiger partial charge on any atom is 0.234 e. The SMILES string of the molecule is Cc1ccc(C(NC(=O)CN(C)C2CCN(C)CC2)c2ccncc2)cc1. The number of piperidine rings is 1. The van der Waals surface area contributed by atoms with Crippen LogP contribution in [0.2, 0.25) is 0 Å². The third-order valence-electron chi connectivity index (χ3n) is 5.46. The molecule has 1 fully saturated rings. The second kappa shape index (κ2) is 9.11. The van der Waals surface area contributed by atoms with Crippen molar-refractivity contribution < 1.29 is 4.79 Å². The summed E-state index contributed by atoms with van der Waals surface area (Å²) in [7, 11) is 4.21. The Balaban J connectivity index is 1.68. The molecule has 0 spiro atoms. The van der Waals surface area contributed by atoms with Crippen LogP contribution in [0.3, 0.4) is 0 Å². The standard InChI is InChI=1S/C22H30N4O/c1-17-4-6-18(7-5-17)22(19-8-12-23-13-9-19)24-21(27)16-26(3)20-10-14-25(2)15-11-20/h4-9,12-13,20,22H,10-11,14-16H2,1-3H3,(H,24,27). The van der Waals surface area contributed by atoms with E-state index in [2.05, 4.69) is 65.4 Å². The van der Waals surface area contributed by atoms with Gasteiger partial charge in [-0.1, -0.05) is 29.8 Å². The Morgan fingerprint density at radius 2 is 1.74 bits per heavy atom. The molecule has 144 valence electrons. The van der Waals surface area contributed by atoms with Gasteiger partial charge in [-0.3, -0.25) is 14.7 Å². The van der Waals surface area contributed by atoms with Crippen LogP contribution < -0.4 is 5.32 Å². The average molecular weight is 367 g/mol. The quantitative estimate of drug-likeness (QED) is 0.854. The van der Waals surface area contributed by atoms with E-state index in [-0.39, 0.29) is 11.9 Å². The van der Waals surface area contributed by atoms with Crippen molar-refractivity contribution in [3.8, 4) is 0 Å². The lowest BCUT2D eigenvalue weighted by Gasteiger charge is -2.35. The normalized spacial score (nSPS) is 17.0. The summed E-state index contributed by atoms with van der Waals surface area (Å²) in [6, 6.07) is 12.6. The second-order valence-corrected chi connectivity index (χ2v) is 7.64. The van der Waals surface area contributed by atoms with Crippen molar-refractivity contribution in [2.24, 2.45) is 0 Å². The molecule has 2 heterocycles. The minimum Gasteiger partial charge on any atom is -0.344 e. The first kappa shape index (κ1) is 19.5. The van der Waals surface area contributed by atoms with Gasteiger partial charge < -0.3 is 10.2 Å². The predicted octanol–water partition coefficient (Wildman–Crippen LogP) is 2.62. The van der Waals surface area contributed by atoms with E-state index in [0.717, 1.165) is 37.1 Å². The number of carbonyl (C=O) groups excluding carboxylic acids is 1. The van der Waals surface area contributed by atoms with Crippen molar-refractivity contribution in [1.29, 1.82) is 0 Å². The highest BCUT2D eigenvalue weighted by Crippen LogP contribution is 2.22. The molecule has 5 heteroatoms. The van der Waals surface area contributed by atoms with Crippen molar-refractivity contribution in [1.82, 2.24) is 20.1 Å². The molecular formula is C22H30N4O. The molecule has 27 heavy (non-hydrogen) atoms. The van der Waals surface area contributed by atoms with Gasteiger partial charge in [0.1, 0.15) is 0 Å². The number of hydrogen-bond donors (Lipinski definition) is 1. The van der Waals surface area contributed by atoms with Crippen LogP contribution in [0.4, 0.5) is 0 Å². The van der Waals surface area contributed by atoms with Gasteiger partial charge in [0.25, 0.3) is 0 Å². The van der Waals surface area contributed by atoms with Gasteiger partial charge in [0, 0.05) is 18.4 Å². The number of hydrogen-bond acceptors (Lipinski definition) is 4. The highest BCUT2D eigenvalue weighted by Gasteiger charge is 2.23. The number of amides is 1. The molecule has 2 aromatic rings. The summed E-state index contributed by atoms with van der Waals surface area (Å²) >= 11 is 0. The number of aromatic nitrogens is 1. The zero-order valence-corrected chi connectivity index (χ0v) is 16.6. The van der Waals surface area contributed by atoms with Crippen molar-refractivity contribution in [3.05, 3.63) is 65.5 Å². The van der Waals surface area contributed by atoms with Crippen LogP contribution in [-0.4, -0.2) is 60.5 Å². The number of nitrogens with zero attached hydrogens (tertiary/aromatic N) is 3. The highest BCUT2D eigenvalue weighted by atomic mass is 16.2. The molecule has 3 rings (SSSR count). The minimum absolute atomic E-state index is 0.0545. The van der Waals surface area contributed by atoms with E-state index in [0.29, 0.717) is 12.6 Å². The molecule has 1 aromatic carbocycles. The highest BCUT2D eigenvalue weighted by molar-refractivity contribution is 5.79. The van der Waals surface area contributed by atoms with E-state index in [1.165, 1.54) is 5.56 Å². The average Bonchev–Trinajstić information content (AvgIpc) is 2.68. The number of pyridine rings is 1. The van der Waals surface area contributed by atoms with Crippen LogP contribution in [0.15, 0.2) is 48.8 Å². The zero-order valence-electron chi connectivity index (χ0n) is 16.6. The Bertz CT molecular complexity index is 724. The molecule has 1 saturated heterocycles. The number of benzene rings is 1. The van der Waals surface area contributed by atoms with E-state index in [1.807, 2.05) is 12.1 Å². The van der Waals surface area contributed by atoms with Crippen LogP contribution in [0.5, 0.6) is 0 Å².